The highest BCUT2D eigenvalue weighted by atomic mass is 32.2. The van der Waals surface area contributed by atoms with Gasteiger partial charge in [0.1, 0.15) is 9.84 Å². The quantitative estimate of drug-likeness (QED) is 0.767. The molecule has 1 aromatic rings. The fourth-order valence-corrected chi connectivity index (χ4v) is 3.40. The minimum Gasteiger partial charge on any atom is -0.384 e. The highest BCUT2D eigenvalue weighted by Gasteiger charge is 2.27. The van der Waals surface area contributed by atoms with Gasteiger partial charge >= 0.3 is 0 Å². The van der Waals surface area contributed by atoms with Gasteiger partial charge in [-0.05, 0) is 37.1 Å². The van der Waals surface area contributed by atoms with E-state index < -0.39 is 19.9 Å². The summed E-state index contributed by atoms with van der Waals surface area (Å²) >= 11 is 0. The molecule has 0 radical (unpaired) electrons. The lowest BCUT2D eigenvalue weighted by Crippen LogP contribution is -2.25. The second-order valence-corrected chi connectivity index (χ2v) is 8.95. The first-order valence-electron chi connectivity index (χ1n) is 6.30. The van der Waals surface area contributed by atoms with Crippen molar-refractivity contribution in [1.29, 1.82) is 0 Å². The largest absolute Gasteiger partial charge is 0.384 e. The molecule has 0 aliphatic heterocycles. The minimum atomic E-state index is -3.43. The standard InChI is InChI=1S/C12H18N2O4S2/c1-19(15,16)9-8-13-10-4-6-12(7-5-10)20(17,18)14-11-2-3-11/h4-7,11,13-14H,2-3,8-9H2,1H3. The summed E-state index contributed by atoms with van der Waals surface area (Å²) in [6.07, 6.45) is 2.96. The second-order valence-electron chi connectivity index (χ2n) is 4.98. The molecule has 0 aromatic heterocycles. The Hall–Kier alpha value is -1.12. The van der Waals surface area contributed by atoms with Crippen molar-refractivity contribution < 1.29 is 16.8 Å². The van der Waals surface area contributed by atoms with Crippen molar-refractivity contribution in [3.8, 4) is 0 Å². The van der Waals surface area contributed by atoms with Crippen LogP contribution in [0, 0.1) is 0 Å². The number of rotatable bonds is 7. The van der Waals surface area contributed by atoms with Crippen LogP contribution in [0.4, 0.5) is 5.69 Å². The van der Waals surface area contributed by atoms with Crippen LogP contribution in [0.15, 0.2) is 29.2 Å². The van der Waals surface area contributed by atoms with Gasteiger partial charge in [-0.2, -0.15) is 0 Å². The average Bonchev–Trinajstić information content (AvgIpc) is 3.11. The lowest BCUT2D eigenvalue weighted by Gasteiger charge is -2.08. The van der Waals surface area contributed by atoms with Gasteiger partial charge < -0.3 is 5.32 Å². The van der Waals surface area contributed by atoms with E-state index in [-0.39, 0.29) is 16.7 Å². The van der Waals surface area contributed by atoms with Crippen LogP contribution in [-0.4, -0.2) is 41.4 Å². The molecule has 0 saturated heterocycles. The molecule has 1 fully saturated rings. The summed E-state index contributed by atoms with van der Waals surface area (Å²) in [5.74, 6) is 0.0380. The minimum absolute atomic E-state index is 0.0380. The van der Waals surface area contributed by atoms with Crippen LogP contribution in [0.5, 0.6) is 0 Å². The molecule has 8 heteroatoms. The second kappa shape index (κ2) is 5.71. The summed E-state index contributed by atoms with van der Waals surface area (Å²) in [6.45, 7) is 0.297. The maximum atomic E-state index is 11.9. The van der Waals surface area contributed by atoms with Gasteiger partial charge in [-0.25, -0.2) is 21.6 Å². The van der Waals surface area contributed by atoms with Crippen molar-refractivity contribution in [3.63, 3.8) is 0 Å². The normalized spacial score (nSPS) is 16.1. The van der Waals surface area contributed by atoms with Gasteiger partial charge in [-0.15, -0.1) is 0 Å². The summed E-state index contributed by atoms with van der Waals surface area (Å²) in [5.41, 5.74) is 0.694. The molecule has 20 heavy (non-hydrogen) atoms. The van der Waals surface area contributed by atoms with Gasteiger partial charge in [0.2, 0.25) is 10.0 Å². The van der Waals surface area contributed by atoms with E-state index in [1.165, 1.54) is 18.4 Å². The van der Waals surface area contributed by atoms with Crippen molar-refractivity contribution in [3.05, 3.63) is 24.3 Å². The molecule has 1 saturated carbocycles. The van der Waals surface area contributed by atoms with Crippen molar-refractivity contribution in [2.75, 3.05) is 23.9 Å². The molecule has 2 rings (SSSR count). The molecule has 0 spiro atoms. The van der Waals surface area contributed by atoms with E-state index in [0.29, 0.717) is 12.2 Å². The van der Waals surface area contributed by atoms with Crippen LogP contribution in [0.25, 0.3) is 0 Å². The number of sulfonamides is 1. The Morgan fingerprint density at radius 2 is 1.70 bits per heavy atom. The summed E-state index contributed by atoms with van der Waals surface area (Å²) in [4.78, 5) is 0.220. The first kappa shape index (κ1) is 15.3. The monoisotopic (exact) mass is 318 g/mol. The van der Waals surface area contributed by atoms with Gasteiger partial charge in [0.05, 0.1) is 10.6 Å². The van der Waals surface area contributed by atoms with Gasteiger partial charge in [-0.3, -0.25) is 0 Å². The van der Waals surface area contributed by atoms with Crippen LogP contribution in [0.3, 0.4) is 0 Å². The zero-order valence-corrected chi connectivity index (χ0v) is 12.8. The Morgan fingerprint density at radius 1 is 1.10 bits per heavy atom. The molecule has 1 aromatic carbocycles. The molecule has 2 N–H and O–H groups in total. The number of hydrogen-bond acceptors (Lipinski definition) is 5. The lowest BCUT2D eigenvalue weighted by molar-refractivity contribution is 0.581. The van der Waals surface area contributed by atoms with Crippen molar-refractivity contribution in [2.45, 2.75) is 23.8 Å². The molecule has 0 amide bonds. The van der Waals surface area contributed by atoms with Gasteiger partial charge in [0, 0.05) is 24.5 Å². The topological polar surface area (TPSA) is 92.3 Å². The van der Waals surface area contributed by atoms with Crippen LogP contribution >= 0.6 is 0 Å². The third-order valence-electron chi connectivity index (χ3n) is 2.87. The third-order valence-corrected chi connectivity index (χ3v) is 5.35. The van der Waals surface area contributed by atoms with E-state index in [0.717, 1.165) is 12.8 Å². The van der Waals surface area contributed by atoms with Crippen LogP contribution in [0.1, 0.15) is 12.8 Å². The fourth-order valence-electron chi connectivity index (χ4n) is 1.62. The van der Waals surface area contributed by atoms with Gasteiger partial charge in [0.15, 0.2) is 0 Å². The molecule has 6 nitrogen and oxygen atoms in total. The van der Waals surface area contributed by atoms with Crippen molar-refractivity contribution in [1.82, 2.24) is 4.72 Å². The predicted molar refractivity (Wildman–Crippen MR) is 78.0 cm³/mol. The highest BCUT2D eigenvalue weighted by Crippen LogP contribution is 2.22. The molecule has 112 valence electrons. The molecular weight excluding hydrogens is 300 g/mol. The van der Waals surface area contributed by atoms with E-state index in [4.69, 9.17) is 0 Å². The van der Waals surface area contributed by atoms with Crippen LogP contribution in [0.2, 0.25) is 0 Å². The fraction of sp³-hybridized carbons (Fsp3) is 0.500. The summed E-state index contributed by atoms with van der Waals surface area (Å²) in [6, 6.07) is 6.35. The zero-order valence-electron chi connectivity index (χ0n) is 11.2. The number of benzene rings is 1. The highest BCUT2D eigenvalue weighted by molar-refractivity contribution is 7.90. The Balaban J connectivity index is 1.95. The average molecular weight is 318 g/mol. The van der Waals surface area contributed by atoms with E-state index in [1.54, 1.807) is 12.1 Å². The first-order valence-corrected chi connectivity index (χ1v) is 9.85. The smallest absolute Gasteiger partial charge is 0.240 e. The predicted octanol–water partition coefficient (Wildman–Crippen LogP) is 0.584. The zero-order chi connectivity index (χ0) is 14.8. The number of sulfone groups is 1. The Morgan fingerprint density at radius 3 is 2.20 bits per heavy atom. The van der Waals surface area contributed by atoms with E-state index in [9.17, 15) is 16.8 Å². The van der Waals surface area contributed by atoms with Gasteiger partial charge in [-0.1, -0.05) is 0 Å². The number of anilines is 1. The Bertz CT molecular complexity index is 662. The molecule has 0 unspecified atom stereocenters. The number of nitrogens with one attached hydrogen (secondary N) is 2. The Labute approximate surface area is 119 Å². The maximum absolute atomic E-state index is 11.9. The third kappa shape index (κ3) is 4.77. The van der Waals surface area contributed by atoms with Crippen molar-refractivity contribution in [2.24, 2.45) is 0 Å². The molecular formula is C12H18N2O4S2. The molecule has 0 heterocycles. The summed E-state index contributed by atoms with van der Waals surface area (Å²) < 4.78 is 48.4. The maximum Gasteiger partial charge on any atom is 0.240 e. The molecule has 1 aliphatic carbocycles. The van der Waals surface area contributed by atoms with Gasteiger partial charge in [0.25, 0.3) is 0 Å². The summed E-state index contributed by atoms with van der Waals surface area (Å²) in [5, 5.41) is 2.94. The van der Waals surface area contributed by atoms with E-state index >= 15 is 0 Å². The molecule has 0 bridgehead atoms. The molecule has 1 aliphatic rings. The van der Waals surface area contributed by atoms with E-state index in [1.807, 2.05) is 0 Å². The van der Waals surface area contributed by atoms with E-state index in [2.05, 4.69) is 10.0 Å². The first-order chi connectivity index (χ1) is 9.26. The SMILES string of the molecule is CS(=O)(=O)CCNc1ccc(S(=O)(=O)NC2CC2)cc1. The lowest BCUT2D eigenvalue weighted by atomic mass is 10.3. The van der Waals surface area contributed by atoms with Crippen LogP contribution in [-0.2, 0) is 19.9 Å². The number of hydrogen-bond donors (Lipinski definition) is 2. The van der Waals surface area contributed by atoms with Crippen molar-refractivity contribution >= 4 is 25.5 Å². The Kier molecular flexibility index (Phi) is 4.36. The van der Waals surface area contributed by atoms with Crippen LogP contribution < -0.4 is 10.0 Å². The summed E-state index contributed by atoms with van der Waals surface area (Å²) in [7, 11) is -6.43. The molecule has 0 atom stereocenters.